The molecule has 1 aliphatic heterocycles. The average Bonchev–Trinajstić information content (AvgIpc) is 2.75. The van der Waals surface area contributed by atoms with Gasteiger partial charge in [0.2, 0.25) is 0 Å². The van der Waals surface area contributed by atoms with Gasteiger partial charge in [-0.15, -0.1) is 0 Å². The predicted molar refractivity (Wildman–Crippen MR) is 65.3 cm³/mol. The summed E-state index contributed by atoms with van der Waals surface area (Å²) in [5.74, 6) is 0.438. The molecule has 2 aromatic rings. The van der Waals surface area contributed by atoms with Gasteiger partial charge in [0.05, 0.1) is 6.20 Å². The molecule has 0 atom stereocenters. The van der Waals surface area contributed by atoms with Gasteiger partial charge in [0.1, 0.15) is 11.3 Å². The first kappa shape index (κ1) is 10.7. The number of piperidine rings is 1. The van der Waals surface area contributed by atoms with Crippen LogP contribution in [0.5, 0.6) is 0 Å². The van der Waals surface area contributed by atoms with E-state index in [9.17, 15) is 4.39 Å². The second-order valence-electron chi connectivity index (χ2n) is 4.70. The van der Waals surface area contributed by atoms with Crippen LogP contribution in [0, 0.1) is 11.7 Å². The van der Waals surface area contributed by atoms with Gasteiger partial charge in [-0.3, -0.25) is 4.68 Å². The van der Waals surface area contributed by atoms with Crippen LogP contribution in [0.15, 0.2) is 24.4 Å². The van der Waals surface area contributed by atoms with Gasteiger partial charge in [-0.1, -0.05) is 12.1 Å². The lowest BCUT2D eigenvalue weighted by atomic mass is 9.98. The number of fused-ring (bicyclic) bond motifs is 1. The van der Waals surface area contributed by atoms with Crippen LogP contribution in [0.25, 0.3) is 10.9 Å². The highest BCUT2D eigenvalue weighted by atomic mass is 19.1. The van der Waals surface area contributed by atoms with Crippen LogP contribution in [0.4, 0.5) is 4.39 Å². The quantitative estimate of drug-likeness (QED) is 0.861. The molecule has 2 heterocycles. The Hall–Kier alpha value is -1.42. The minimum absolute atomic E-state index is 0.172. The first-order chi connectivity index (χ1) is 8.34. The molecule has 0 amide bonds. The average molecular weight is 233 g/mol. The van der Waals surface area contributed by atoms with E-state index >= 15 is 0 Å². The largest absolute Gasteiger partial charge is 0.317 e. The highest BCUT2D eigenvalue weighted by molar-refractivity contribution is 5.79. The third kappa shape index (κ3) is 2.05. The second kappa shape index (κ2) is 4.45. The van der Waals surface area contributed by atoms with E-state index in [4.69, 9.17) is 0 Å². The fourth-order valence-corrected chi connectivity index (χ4v) is 2.55. The van der Waals surface area contributed by atoms with Gasteiger partial charge >= 0.3 is 0 Å². The number of halogens is 1. The summed E-state index contributed by atoms with van der Waals surface area (Å²) in [6.45, 7) is 2.95. The van der Waals surface area contributed by atoms with Crippen molar-refractivity contribution in [2.75, 3.05) is 13.1 Å². The highest BCUT2D eigenvalue weighted by Gasteiger charge is 2.16. The maximum Gasteiger partial charge on any atom is 0.149 e. The molecule has 90 valence electrons. The van der Waals surface area contributed by atoms with E-state index in [1.165, 1.54) is 6.07 Å². The van der Waals surface area contributed by atoms with Crippen LogP contribution in [0.3, 0.4) is 0 Å². The van der Waals surface area contributed by atoms with Crippen molar-refractivity contribution in [2.45, 2.75) is 19.4 Å². The van der Waals surface area contributed by atoms with Crippen molar-refractivity contribution in [2.24, 2.45) is 5.92 Å². The van der Waals surface area contributed by atoms with E-state index in [2.05, 4.69) is 10.4 Å². The van der Waals surface area contributed by atoms with Crippen molar-refractivity contribution in [1.29, 1.82) is 0 Å². The summed E-state index contributed by atoms with van der Waals surface area (Å²) in [5.41, 5.74) is 0.644. The number of para-hydroxylation sites is 1. The van der Waals surface area contributed by atoms with Crippen molar-refractivity contribution in [3.8, 4) is 0 Å². The summed E-state index contributed by atoms with van der Waals surface area (Å²) in [6.07, 6.45) is 4.05. The number of nitrogens with one attached hydrogen (secondary N) is 1. The highest BCUT2D eigenvalue weighted by Crippen LogP contribution is 2.20. The molecule has 17 heavy (non-hydrogen) atoms. The van der Waals surface area contributed by atoms with E-state index in [1.54, 1.807) is 12.3 Å². The van der Waals surface area contributed by atoms with Crippen LogP contribution in [-0.2, 0) is 6.54 Å². The van der Waals surface area contributed by atoms with Gasteiger partial charge in [0, 0.05) is 11.9 Å². The standard InChI is InChI=1S/C13H16FN3/c14-12-3-1-2-11-8-16-17(13(11)12)9-10-4-6-15-7-5-10/h1-3,8,10,15H,4-7,9H2. The number of benzene rings is 1. The molecule has 0 radical (unpaired) electrons. The molecule has 0 spiro atoms. The lowest BCUT2D eigenvalue weighted by Gasteiger charge is -2.22. The van der Waals surface area contributed by atoms with Crippen LogP contribution in [-0.4, -0.2) is 22.9 Å². The Kier molecular flexibility index (Phi) is 2.81. The van der Waals surface area contributed by atoms with Crippen molar-refractivity contribution < 1.29 is 4.39 Å². The molecule has 1 fully saturated rings. The zero-order chi connectivity index (χ0) is 11.7. The van der Waals surface area contributed by atoms with Gasteiger partial charge in [0.15, 0.2) is 0 Å². The lowest BCUT2D eigenvalue weighted by molar-refractivity contribution is 0.324. The zero-order valence-corrected chi connectivity index (χ0v) is 9.69. The van der Waals surface area contributed by atoms with Crippen LogP contribution in [0.1, 0.15) is 12.8 Å². The number of hydrogen-bond acceptors (Lipinski definition) is 2. The molecule has 1 N–H and O–H groups in total. The molecule has 1 aromatic heterocycles. The molecule has 0 unspecified atom stereocenters. The number of rotatable bonds is 2. The maximum atomic E-state index is 13.8. The zero-order valence-electron chi connectivity index (χ0n) is 9.69. The fourth-order valence-electron chi connectivity index (χ4n) is 2.55. The third-order valence-corrected chi connectivity index (χ3v) is 3.50. The summed E-state index contributed by atoms with van der Waals surface area (Å²) in [5, 5.41) is 8.53. The normalized spacial score (nSPS) is 17.7. The van der Waals surface area contributed by atoms with Crippen LogP contribution >= 0.6 is 0 Å². The second-order valence-corrected chi connectivity index (χ2v) is 4.70. The number of aromatic nitrogens is 2. The van der Waals surface area contributed by atoms with Gasteiger partial charge < -0.3 is 5.32 Å². The van der Waals surface area contributed by atoms with Crippen LogP contribution in [0.2, 0.25) is 0 Å². The molecule has 0 saturated carbocycles. The van der Waals surface area contributed by atoms with Crippen molar-refractivity contribution in [3.63, 3.8) is 0 Å². The first-order valence-electron chi connectivity index (χ1n) is 6.15. The van der Waals surface area contributed by atoms with Crippen molar-refractivity contribution in [3.05, 3.63) is 30.2 Å². The van der Waals surface area contributed by atoms with E-state index < -0.39 is 0 Å². The molecular formula is C13H16FN3. The smallest absolute Gasteiger partial charge is 0.149 e. The molecule has 0 aliphatic carbocycles. The predicted octanol–water partition coefficient (Wildman–Crippen LogP) is 2.17. The Labute approximate surface area is 99.6 Å². The van der Waals surface area contributed by atoms with E-state index in [0.29, 0.717) is 11.4 Å². The Bertz CT molecular complexity index is 514. The van der Waals surface area contributed by atoms with E-state index in [1.807, 2.05) is 10.7 Å². The Morgan fingerprint density at radius 1 is 1.35 bits per heavy atom. The summed E-state index contributed by atoms with van der Waals surface area (Å²) >= 11 is 0. The SMILES string of the molecule is Fc1cccc2cnn(CC3CCNCC3)c12. The molecule has 1 saturated heterocycles. The minimum atomic E-state index is -0.172. The van der Waals surface area contributed by atoms with Crippen LogP contribution < -0.4 is 5.32 Å². The van der Waals surface area contributed by atoms with Gasteiger partial charge in [0.25, 0.3) is 0 Å². The Morgan fingerprint density at radius 3 is 3.00 bits per heavy atom. The molecule has 4 heteroatoms. The van der Waals surface area contributed by atoms with Crippen molar-refractivity contribution in [1.82, 2.24) is 15.1 Å². The molecular weight excluding hydrogens is 217 g/mol. The Balaban J connectivity index is 1.89. The molecule has 3 nitrogen and oxygen atoms in total. The molecule has 1 aliphatic rings. The van der Waals surface area contributed by atoms with Gasteiger partial charge in [-0.25, -0.2) is 4.39 Å². The van der Waals surface area contributed by atoms with E-state index in [0.717, 1.165) is 37.9 Å². The van der Waals surface area contributed by atoms with E-state index in [-0.39, 0.29) is 5.82 Å². The van der Waals surface area contributed by atoms with Crippen molar-refractivity contribution >= 4 is 10.9 Å². The summed E-state index contributed by atoms with van der Waals surface area (Å²) in [4.78, 5) is 0. The summed E-state index contributed by atoms with van der Waals surface area (Å²) in [7, 11) is 0. The summed E-state index contributed by atoms with van der Waals surface area (Å²) in [6, 6.07) is 5.14. The first-order valence-corrected chi connectivity index (χ1v) is 6.15. The lowest BCUT2D eigenvalue weighted by Crippen LogP contribution is -2.30. The number of hydrogen-bond donors (Lipinski definition) is 1. The monoisotopic (exact) mass is 233 g/mol. The molecule has 3 rings (SSSR count). The summed E-state index contributed by atoms with van der Waals surface area (Å²) < 4.78 is 15.6. The number of nitrogens with zero attached hydrogens (tertiary/aromatic N) is 2. The fraction of sp³-hybridized carbons (Fsp3) is 0.462. The minimum Gasteiger partial charge on any atom is -0.317 e. The molecule has 1 aromatic carbocycles. The van der Waals surface area contributed by atoms with Gasteiger partial charge in [-0.05, 0) is 37.9 Å². The Morgan fingerprint density at radius 2 is 2.18 bits per heavy atom. The topological polar surface area (TPSA) is 29.9 Å². The maximum absolute atomic E-state index is 13.8. The van der Waals surface area contributed by atoms with Gasteiger partial charge in [-0.2, -0.15) is 5.10 Å². The third-order valence-electron chi connectivity index (χ3n) is 3.50. The molecule has 0 bridgehead atoms.